The summed E-state index contributed by atoms with van der Waals surface area (Å²) in [5.74, 6) is 0. The maximum Gasteiger partial charge on any atom is 0.423 e. The molecule has 1 aliphatic heterocycles. The lowest BCUT2D eigenvalue weighted by atomic mass is 9.99. The van der Waals surface area contributed by atoms with Gasteiger partial charge in [-0.2, -0.15) is 26.3 Å². The number of hydrogen-bond acceptors (Lipinski definition) is 1. The number of aliphatic imine (C=N–C) groups is 1. The van der Waals surface area contributed by atoms with Gasteiger partial charge in [0.25, 0.3) is 0 Å². The fraction of sp³-hybridized carbons (Fsp3) is 0.706. The number of rotatable bonds is 8. The fourth-order valence-electron chi connectivity index (χ4n) is 2.62. The van der Waals surface area contributed by atoms with Crippen LogP contribution in [-0.4, -0.2) is 18.1 Å². The van der Waals surface area contributed by atoms with Gasteiger partial charge >= 0.3 is 12.4 Å². The zero-order valence-corrected chi connectivity index (χ0v) is 13.9. The van der Waals surface area contributed by atoms with E-state index >= 15 is 0 Å². The fourth-order valence-corrected chi connectivity index (χ4v) is 2.62. The van der Waals surface area contributed by atoms with Gasteiger partial charge < -0.3 is 0 Å². The largest absolute Gasteiger partial charge is 0.423 e. The van der Waals surface area contributed by atoms with E-state index in [9.17, 15) is 26.3 Å². The molecule has 0 aromatic rings. The van der Waals surface area contributed by atoms with Gasteiger partial charge in [0.05, 0.1) is 5.70 Å². The lowest BCUT2D eigenvalue weighted by molar-refractivity contribution is -0.172. The van der Waals surface area contributed by atoms with E-state index in [4.69, 9.17) is 0 Å². The average molecular weight is 355 g/mol. The Hall–Kier alpha value is -1.27. The van der Waals surface area contributed by atoms with E-state index in [-0.39, 0.29) is 0 Å². The molecule has 0 saturated carbocycles. The molecule has 1 aliphatic rings. The molecular formula is C17H23F6N. The highest BCUT2D eigenvalue weighted by Crippen LogP contribution is 2.43. The van der Waals surface area contributed by atoms with Gasteiger partial charge in [0.1, 0.15) is 0 Å². The highest BCUT2D eigenvalue weighted by Gasteiger charge is 2.53. The van der Waals surface area contributed by atoms with Gasteiger partial charge in [-0.1, -0.05) is 39.5 Å². The van der Waals surface area contributed by atoms with E-state index in [2.05, 4.69) is 4.99 Å². The predicted octanol–water partition coefficient (Wildman–Crippen LogP) is 6.91. The van der Waals surface area contributed by atoms with Crippen molar-refractivity contribution in [2.75, 3.05) is 0 Å². The van der Waals surface area contributed by atoms with Crippen LogP contribution in [0.5, 0.6) is 0 Å². The molecule has 0 aromatic heterocycles. The molecule has 0 aromatic carbocycles. The summed E-state index contributed by atoms with van der Waals surface area (Å²) in [6.45, 7) is 3.96. The van der Waals surface area contributed by atoms with E-state index in [0.29, 0.717) is 30.5 Å². The van der Waals surface area contributed by atoms with Crippen LogP contribution in [0.15, 0.2) is 27.9 Å². The quantitative estimate of drug-likeness (QED) is 0.331. The van der Waals surface area contributed by atoms with Crippen LogP contribution in [0.2, 0.25) is 0 Å². The summed E-state index contributed by atoms with van der Waals surface area (Å²) in [5, 5.41) is 0. The Morgan fingerprint density at radius 2 is 1.33 bits per heavy atom. The van der Waals surface area contributed by atoms with Crippen LogP contribution >= 0.6 is 0 Å². The monoisotopic (exact) mass is 355 g/mol. The van der Waals surface area contributed by atoms with Gasteiger partial charge in [0, 0.05) is 5.71 Å². The summed E-state index contributed by atoms with van der Waals surface area (Å²) in [6.07, 6.45) is -4.05. The maximum absolute atomic E-state index is 12.9. The molecule has 0 radical (unpaired) electrons. The molecule has 7 heteroatoms. The Labute approximate surface area is 138 Å². The van der Waals surface area contributed by atoms with Crippen molar-refractivity contribution in [3.8, 4) is 0 Å². The van der Waals surface area contributed by atoms with Crippen molar-refractivity contribution < 1.29 is 26.3 Å². The second kappa shape index (κ2) is 8.72. The molecule has 0 bridgehead atoms. The van der Waals surface area contributed by atoms with E-state index < -0.39 is 23.6 Å². The van der Waals surface area contributed by atoms with Gasteiger partial charge in [-0.25, -0.2) is 0 Å². The summed E-state index contributed by atoms with van der Waals surface area (Å²) in [7, 11) is 0. The Bertz CT molecular complexity index is 464. The number of nitrogens with zero attached hydrogens (tertiary/aromatic N) is 1. The second-order valence-corrected chi connectivity index (χ2v) is 5.90. The highest BCUT2D eigenvalue weighted by atomic mass is 19.4. The number of alkyl halides is 6. The number of hydrogen-bond donors (Lipinski definition) is 0. The lowest BCUT2D eigenvalue weighted by Gasteiger charge is -2.15. The number of unbranched alkanes of at least 4 members (excludes halogenated alkanes) is 4. The van der Waals surface area contributed by atoms with E-state index in [1.807, 2.05) is 13.8 Å². The molecule has 138 valence electrons. The second-order valence-electron chi connectivity index (χ2n) is 5.90. The zero-order valence-electron chi connectivity index (χ0n) is 13.9. The van der Waals surface area contributed by atoms with Crippen molar-refractivity contribution in [3.05, 3.63) is 22.9 Å². The van der Waals surface area contributed by atoms with Crippen LogP contribution in [-0.2, 0) is 0 Å². The van der Waals surface area contributed by atoms with Crippen LogP contribution in [0.4, 0.5) is 26.3 Å². The molecular weight excluding hydrogens is 332 g/mol. The summed E-state index contributed by atoms with van der Waals surface area (Å²) in [5.41, 5.74) is -2.61. The third-order valence-corrected chi connectivity index (χ3v) is 3.83. The third-order valence-electron chi connectivity index (χ3n) is 3.83. The molecule has 0 fully saturated rings. The van der Waals surface area contributed by atoms with E-state index in [0.717, 1.165) is 38.2 Å². The first-order valence-electron chi connectivity index (χ1n) is 8.28. The highest BCUT2D eigenvalue weighted by molar-refractivity contribution is 6.03. The summed E-state index contributed by atoms with van der Waals surface area (Å²) < 4.78 is 77.2. The molecule has 0 spiro atoms. The SMILES string of the molecule is CCCCCC1=CC(=C(C(F)(F)F)C(F)(F)F)N=C1CCCCC. The summed E-state index contributed by atoms with van der Waals surface area (Å²) in [6, 6.07) is 0. The summed E-state index contributed by atoms with van der Waals surface area (Å²) >= 11 is 0. The van der Waals surface area contributed by atoms with Crippen molar-refractivity contribution >= 4 is 5.71 Å². The van der Waals surface area contributed by atoms with Crippen LogP contribution in [0, 0.1) is 0 Å². The molecule has 0 aliphatic carbocycles. The Morgan fingerprint density at radius 1 is 0.833 bits per heavy atom. The minimum absolute atomic E-state index is 0.376. The molecule has 0 N–H and O–H groups in total. The van der Waals surface area contributed by atoms with Gasteiger partial charge in [0.15, 0.2) is 5.57 Å². The maximum atomic E-state index is 12.9. The van der Waals surface area contributed by atoms with Gasteiger partial charge in [-0.3, -0.25) is 4.99 Å². The number of allylic oxidation sites excluding steroid dienone is 3. The predicted molar refractivity (Wildman–Crippen MR) is 82.9 cm³/mol. The molecule has 24 heavy (non-hydrogen) atoms. The molecule has 1 nitrogen and oxygen atoms in total. The molecule has 0 unspecified atom stereocenters. The van der Waals surface area contributed by atoms with Gasteiger partial charge in [0.2, 0.25) is 0 Å². The summed E-state index contributed by atoms with van der Waals surface area (Å²) in [4.78, 5) is 3.72. The molecule has 0 atom stereocenters. The smallest absolute Gasteiger partial charge is 0.253 e. The third kappa shape index (κ3) is 5.98. The van der Waals surface area contributed by atoms with Crippen LogP contribution < -0.4 is 0 Å². The first kappa shape index (κ1) is 20.8. The topological polar surface area (TPSA) is 12.4 Å². The Morgan fingerprint density at radius 3 is 1.79 bits per heavy atom. The first-order chi connectivity index (χ1) is 11.1. The zero-order chi connectivity index (χ0) is 18.4. The molecule has 0 amide bonds. The molecule has 1 heterocycles. The minimum atomic E-state index is -5.47. The van der Waals surface area contributed by atoms with E-state index in [1.54, 1.807) is 0 Å². The minimum Gasteiger partial charge on any atom is -0.253 e. The average Bonchev–Trinajstić information content (AvgIpc) is 2.78. The Kier molecular flexibility index (Phi) is 7.55. The van der Waals surface area contributed by atoms with Crippen molar-refractivity contribution in [2.45, 2.75) is 77.6 Å². The molecule has 1 rings (SSSR count). The number of halogens is 6. The van der Waals surface area contributed by atoms with Crippen molar-refractivity contribution in [3.63, 3.8) is 0 Å². The molecule has 0 saturated heterocycles. The van der Waals surface area contributed by atoms with E-state index in [1.165, 1.54) is 0 Å². The van der Waals surface area contributed by atoms with Crippen molar-refractivity contribution in [1.82, 2.24) is 0 Å². The van der Waals surface area contributed by atoms with Crippen LogP contribution in [0.3, 0.4) is 0 Å². The van der Waals surface area contributed by atoms with Crippen molar-refractivity contribution in [2.24, 2.45) is 4.99 Å². The standard InChI is InChI=1S/C17H23F6N/c1-3-5-7-9-12-11-14(24-13(12)10-8-6-4-2)15(16(18,19)20)17(21,22)23/h11H,3-10H2,1-2H3. The normalized spacial score (nSPS) is 15.6. The van der Waals surface area contributed by atoms with Crippen molar-refractivity contribution in [1.29, 1.82) is 0 Å². The van der Waals surface area contributed by atoms with Gasteiger partial charge in [-0.05, 0) is 37.3 Å². The van der Waals surface area contributed by atoms with Gasteiger partial charge in [-0.15, -0.1) is 0 Å². The van der Waals surface area contributed by atoms with Crippen LogP contribution in [0.1, 0.15) is 65.2 Å². The van der Waals surface area contributed by atoms with Crippen LogP contribution in [0.25, 0.3) is 0 Å². The Balaban J connectivity index is 3.18. The first-order valence-corrected chi connectivity index (χ1v) is 8.28. The lowest BCUT2D eigenvalue weighted by Crippen LogP contribution is -2.27.